The van der Waals surface area contributed by atoms with Crippen molar-refractivity contribution in [1.29, 1.82) is 0 Å². The summed E-state index contributed by atoms with van der Waals surface area (Å²) in [6, 6.07) is 5.84. The average Bonchev–Trinajstić information content (AvgIpc) is 2.26. The zero-order valence-electron chi connectivity index (χ0n) is 9.55. The molecule has 0 spiro atoms. The number of nitrogens with two attached hydrogens (primary N) is 1. The van der Waals surface area contributed by atoms with Crippen molar-refractivity contribution < 1.29 is 4.74 Å². The lowest BCUT2D eigenvalue weighted by Crippen LogP contribution is -2.05. The maximum Gasteiger partial charge on any atom is 0.144 e. The normalized spacial score (nSPS) is 10.0. The highest BCUT2D eigenvalue weighted by Gasteiger charge is 2.04. The Morgan fingerprint density at radius 2 is 2.07 bits per heavy atom. The van der Waals surface area contributed by atoms with Crippen LogP contribution in [0, 0.1) is 0 Å². The maximum absolute atomic E-state index is 5.98. The molecular formula is C12H20N2O. The van der Waals surface area contributed by atoms with Gasteiger partial charge in [-0.2, -0.15) is 0 Å². The number of hydrogen-bond donors (Lipinski definition) is 2. The van der Waals surface area contributed by atoms with Crippen molar-refractivity contribution in [3.63, 3.8) is 0 Å². The van der Waals surface area contributed by atoms with Crippen LogP contribution in [0.1, 0.15) is 26.7 Å². The van der Waals surface area contributed by atoms with Gasteiger partial charge in [0.1, 0.15) is 5.75 Å². The van der Waals surface area contributed by atoms with Gasteiger partial charge in [-0.1, -0.05) is 19.9 Å². The number of nitrogens with one attached hydrogen (secondary N) is 1. The molecule has 0 saturated carbocycles. The van der Waals surface area contributed by atoms with E-state index in [2.05, 4.69) is 19.2 Å². The number of benzene rings is 1. The van der Waals surface area contributed by atoms with E-state index in [0.717, 1.165) is 30.8 Å². The van der Waals surface area contributed by atoms with E-state index >= 15 is 0 Å². The van der Waals surface area contributed by atoms with Crippen molar-refractivity contribution in [1.82, 2.24) is 0 Å². The lowest BCUT2D eigenvalue weighted by molar-refractivity contribution is 0.319. The van der Waals surface area contributed by atoms with Gasteiger partial charge in [-0.25, -0.2) is 0 Å². The number of hydrogen-bond acceptors (Lipinski definition) is 3. The fourth-order valence-electron chi connectivity index (χ4n) is 1.30. The molecule has 0 amide bonds. The van der Waals surface area contributed by atoms with Gasteiger partial charge in [0.15, 0.2) is 0 Å². The molecule has 3 nitrogen and oxygen atoms in total. The highest BCUT2D eigenvalue weighted by molar-refractivity contribution is 5.72. The Kier molecular flexibility index (Phi) is 4.81. The van der Waals surface area contributed by atoms with Crippen LogP contribution in [-0.2, 0) is 0 Å². The van der Waals surface area contributed by atoms with Crippen molar-refractivity contribution in [2.45, 2.75) is 26.7 Å². The predicted molar refractivity (Wildman–Crippen MR) is 65.4 cm³/mol. The van der Waals surface area contributed by atoms with E-state index in [4.69, 9.17) is 10.5 Å². The van der Waals surface area contributed by atoms with E-state index in [1.54, 1.807) is 0 Å². The quantitative estimate of drug-likeness (QED) is 0.707. The zero-order chi connectivity index (χ0) is 11.1. The van der Waals surface area contributed by atoms with Gasteiger partial charge in [0.25, 0.3) is 0 Å². The molecule has 1 aromatic carbocycles. The summed E-state index contributed by atoms with van der Waals surface area (Å²) in [5, 5.41) is 3.27. The smallest absolute Gasteiger partial charge is 0.144 e. The molecule has 0 aromatic heterocycles. The van der Waals surface area contributed by atoms with Gasteiger partial charge in [0.05, 0.1) is 18.0 Å². The van der Waals surface area contributed by atoms with Crippen LogP contribution in [0.25, 0.3) is 0 Å². The predicted octanol–water partition coefficient (Wildman–Crippen LogP) is 2.88. The second-order valence-corrected chi connectivity index (χ2v) is 3.49. The van der Waals surface area contributed by atoms with Gasteiger partial charge in [-0.15, -0.1) is 0 Å². The standard InChI is InChI=1S/C12H20N2O/c1-3-8-14-10-6-5-7-11(12(10)13)15-9-4-2/h5-7,14H,3-4,8-9,13H2,1-2H3. The van der Waals surface area contributed by atoms with E-state index in [1.165, 1.54) is 0 Å². The average molecular weight is 208 g/mol. The molecule has 0 radical (unpaired) electrons. The Morgan fingerprint density at radius 3 is 2.73 bits per heavy atom. The Morgan fingerprint density at radius 1 is 1.27 bits per heavy atom. The Labute approximate surface area is 91.6 Å². The van der Waals surface area contributed by atoms with Crippen molar-refractivity contribution in [2.75, 3.05) is 24.2 Å². The SMILES string of the molecule is CCCNc1cccc(OCCC)c1N. The van der Waals surface area contributed by atoms with E-state index in [9.17, 15) is 0 Å². The lowest BCUT2D eigenvalue weighted by Gasteiger charge is -2.12. The molecule has 84 valence electrons. The third-order valence-corrected chi connectivity index (χ3v) is 2.09. The molecule has 1 rings (SSSR count). The summed E-state index contributed by atoms with van der Waals surface area (Å²) < 4.78 is 5.54. The molecule has 0 aliphatic carbocycles. The molecule has 3 heteroatoms. The number of anilines is 2. The van der Waals surface area contributed by atoms with Gasteiger partial charge < -0.3 is 15.8 Å². The van der Waals surface area contributed by atoms with E-state index in [-0.39, 0.29) is 0 Å². The molecule has 15 heavy (non-hydrogen) atoms. The molecule has 0 saturated heterocycles. The first-order chi connectivity index (χ1) is 7.29. The molecular weight excluding hydrogens is 188 g/mol. The summed E-state index contributed by atoms with van der Waals surface area (Å²) in [5.74, 6) is 0.776. The molecule has 0 fully saturated rings. The molecule has 3 N–H and O–H groups in total. The van der Waals surface area contributed by atoms with Crippen LogP contribution in [0.2, 0.25) is 0 Å². The van der Waals surface area contributed by atoms with Gasteiger partial charge >= 0.3 is 0 Å². The van der Waals surface area contributed by atoms with Crippen molar-refractivity contribution in [2.24, 2.45) is 0 Å². The summed E-state index contributed by atoms with van der Waals surface area (Å²) in [7, 11) is 0. The second kappa shape index (κ2) is 6.17. The summed E-state index contributed by atoms with van der Waals surface area (Å²) in [5.41, 5.74) is 7.65. The van der Waals surface area contributed by atoms with Crippen molar-refractivity contribution in [3.8, 4) is 5.75 Å². The molecule has 0 heterocycles. The Hall–Kier alpha value is -1.38. The zero-order valence-corrected chi connectivity index (χ0v) is 9.55. The summed E-state index contributed by atoms with van der Waals surface area (Å²) in [4.78, 5) is 0. The monoisotopic (exact) mass is 208 g/mol. The molecule has 0 unspecified atom stereocenters. The van der Waals surface area contributed by atoms with Gasteiger partial charge in [-0.3, -0.25) is 0 Å². The highest BCUT2D eigenvalue weighted by Crippen LogP contribution is 2.29. The second-order valence-electron chi connectivity index (χ2n) is 3.49. The topological polar surface area (TPSA) is 47.3 Å². The highest BCUT2D eigenvalue weighted by atomic mass is 16.5. The third kappa shape index (κ3) is 3.35. The number of para-hydroxylation sites is 1. The van der Waals surface area contributed by atoms with Crippen molar-refractivity contribution >= 4 is 11.4 Å². The Bertz CT molecular complexity index is 273. The first kappa shape index (κ1) is 11.7. The minimum atomic E-state index is 0.708. The molecule has 0 aliphatic heterocycles. The summed E-state index contributed by atoms with van der Waals surface area (Å²) in [6.45, 7) is 5.85. The largest absolute Gasteiger partial charge is 0.491 e. The Balaban J connectivity index is 2.71. The van der Waals surface area contributed by atoms with Crippen LogP contribution in [0.5, 0.6) is 5.75 Å². The van der Waals surface area contributed by atoms with Crippen LogP contribution in [0.15, 0.2) is 18.2 Å². The van der Waals surface area contributed by atoms with E-state index in [1.807, 2.05) is 18.2 Å². The maximum atomic E-state index is 5.98. The minimum Gasteiger partial charge on any atom is -0.491 e. The molecule has 0 aliphatic rings. The van der Waals surface area contributed by atoms with Crippen LogP contribution < -0.4 is 15.8 Å². The van der Waals surface area contributed by atoms with Gasteiger partial charge in [0, 0.05) is 6.54 Å². The third-order valence-electron chi connectivity index (χ3n) is 2.09. The van der Waals surface area contributed by atoms with Gasteiger partial charge in [0.2, 0.25) is 0 Å². The number of nitrogen functional groups attached to an aromatic ring is 1. The summed E-state index contributed by atoms with van der Waals surface area (Å²) in [6.07, 6.45) is 2.07. The van der Waals surface area contributed by atoms with E-state index in [0.29, 0.717) is 12.3 Å². The number of rotatable bonds is 6. The summed E-state index contributed by atoms with van der Waals surface area (Å²) >= 11 is 0. The van der Waals surface area contributed by atoms with Crippen LogP contribution in [0.3, 0.4) is 0 Å². The van der Waals surface area contributed by atoms with Gasteiger partial charge in [-0.05, 0) is 25.0 Å². The minimum absolute atomic E-state index is 0.708. The fourth-order valence-corrected chi connectivity index (χ4v) is 1.30. The lowest BCUT2D eigenvalue weighted by atomic mass is 10.2. The number of ether oxygens (including phenoxy) is 1. The first-order valence-corrected chi connectivity index (χ1v) is 5.54. The van der Waals surface area contributed by atoms with E-state index < -0.39 is 0 Å². The molecule has 1 aromatic rings. The van der Waals surface area contributed by atoms with Crippen molar-refractivity contribution in [3.05, 3.63) is 18.2 Å². The first-order valence-electron chi connectivity index (χ1n) is 5.54. The fraction of sp³-hybridized carbons (Fsp3) is 0.500. The molecule has 0 atom stereocenters. The van der Waals surface area contributed by atoms with Crippen LogP contribution in [0.4, 0.5) is 11.4 Å². The molecule has 0 bridgehead atoms. The van der Waals surface area contributed by atoms with Crippen LogP contribution in [-0.4, -0.2) is 13.2 Å². The van der Waals surface area contributed by atoms with Crippen LogP contribution >= 0.6 is 0 Å².